The van der Waals surface area contributed by atoms with E-state index in [4.69, 9.17) is 15.2 Å². The lowest BCUT2D eigenvalue weighted by molar-refractivity contribution is -0.0326. The van der Waals surface area contributed by atoms with E-state index >= 15 is 0 Å². The van der Waals surface area contributed by atoms with E-state index in [-0.39, 0.29) is 6.04 Å². The zero-order valence-corrected chi connectivity index (χ0v) is 13.5. The molecule has 0 amide bonds. The first kappa shape index (κ1) is 16.3. The molecule has 1 aliphatic heterocycles. The van der Waals surface area contributed by atoms with Crippen LogP contribution < -0.4 is 10.5 Å². The lowest BCUT2D eigenvalue weighted by Crippen LogP contribution is -2.41. The van der Waals surface area contributed by atoms with E-state index in [2.05, 4.69) is 30.0 Å². The van der Waals surface area contributed by atoms with Crippen LogP contribution in [0.3, 0.4) is 0 Å². The lowest BCUT2D eigenvalue weighted by Gasteiger charge is -2.33. The molecule has 1 aromatic rings. The Morgan fingerprint density at radius 3 is 2.90 bits per heavy atom. The molecule has 2 N–H and O–H groups in total. The van der Waals surface area contributed by atoms with Crippen molar-refractivity contribution in [2.75, 3.05) is 26.3 Å². The first-order valence-corrected chi connectivity index (χ1v) is 7.99. The second kappa shape index (κ2) is 7.78. The maximum Gasteiger partial charge on any atom is 0.123 e. The van der Waals surface area contributed by atoms with E-state index in [1.165, 1.54) is 5.56 Å². The van der Waals surface area contributed by atoms with E-state index in [0.717, 1.165) is 44.0 Å². The summed E-state index contributed by atoms with van der Waals surface area (Å²) in [7, 11) is 0. The molecule has 118 valence electrons. The maximum absolute atomic E-state index is 6.01. The summed E-state index contributed by atoms with van der Waals surface area (Å²) in [4.78, 5) is 2.44. The van der Waals surface area contributed by atoms with E-state index in [1.54, 1.807) is 0 Å². The number of rotatable bonds is 6. The first-order chi connectivity index (χ1) is 10.1. The van der Waals surface area contributed by atoms with Gasteiger partial charge in [0, 0.05) is 31.2 Å². The molecule has 1 heterocycles. The Morgan fingerprint density at radius 2 is 2.24 bits per heavy atom. The van der Waals surface area contributed by atoms with Gasteiger partial charge in [0.2, 0.25) is 0 Å². The van der Waals surface area contributed by atoms with Crippen LogP contribution in [-0.2, 0) is 11.3 Å². The van der Waals surface area contributed by atoms with E-state index in [9.17, 15) is 0 Å². The Kier molecular flexibility index (Phi) is 6.03. The number of nitrogens with two attached hydrogens (primary N) is 1. The van der Waals surface area contributed by atoms with Crippen LogP contribution in [0.5, 0.6) is 5.75 Å². The van der Waals surface area contributed by atoms with Crippen LogP contribution in [-0.4, -0.2) is 37.3 Å². The van der Waals surface area contributed by atoms with E-state index < -0.39 is 0 Å². The fourth-order valence-corrected chi connectivity index (χ4v) is 2.71. The molecule has 2 unspecified atom stereocenters. The van der Waals surface area contributed by atoms with Crippen LogP contribution in [0.1, 0.15) is 44.4 Å². The minimum atomic E-state index is 0.0486. The third-order valence-corrected chi connectivity index (χ3v) is 3.98. The molecule has 21 heavy (non-hydrogen) atoms. The van der Waals surface area contributed by atoms with Gasteiger partial charge in [0.1, 0.15) is 5.75 Å². The third-order valence-electron chi connectivity index (χ3n) is 3.98. The van der Waals surface area contributed by atoms with Crippen LogP contribution in [0.2, 0.25) is 0 Å². The van der Waals surface area contributed by atoms with Crippen LogP contribution in [0, 0.1) is 0 Å². The molecule has 1 saturated heterocycles. The molecule has 4 heteroatoms. The van der Waals surface area contributed by atoms with Gasteiger partial charge in [-0.25, -0.2) is 0 Å². The average molecular weight is 292 g/mol. The van der Waals surface area contributed by atoms with Crippen molar-refractivity contribution in [3.05, 3.63) is 29.3 Å². The smallest absolute Gasteiger partial charge is 0.123 e. The number of ether oxygens (including phenoxy) is 2. The number of hydrogen-bond acceptors (Lipinski definition) is 4. The highest BCUT2D eigenvalue weighted by atomic mass is 16.5. The lowest BCUT2D eigenvalue weighted by atomic mass is 10.0. The fourth-order valence-electron chi connectivity index (χ4n) is 2.71. The third kappa shape index (κ3) is 4.43. The van der Waals surface area contributed by atoms with E-state index in [0.29, 0.717) is 12.7 Å². The second-order valence-electron chi connectivity index (χ2n) is 5.73. The zero-order chi connectivity index (χ0) is 15.2. The summed E-state index contributed by atoms with van der Waals surface area (Å²) >= 11 is 0. The van der Waals surface area contributed by atoms with Gasteiger partial charge in [-0.1, -0.05) is 13.0 Å². The maximum atomic E-state index is 6.01. The van der Waals surface area contributed by atoms with Gasteiger partial charge in [-0.2, -0.15) is 0 Å². The highest BCUT2D eigenvalue weighted by Gasteiger charge is 2.20. The van der Waals surface area contributed by atoms with Crippen LogP contribution in [0.15, 0.2) is 18.2 Å². The molecular formula is C17H28N2O2. The molecule has 0 aliphatic carbocycles. The molecule has 2 rings (SSSR count). The number of morpholine rings is 1. The van der Waals surface area contributed by atoms with Gasteiger partial charge in [-0.05, 0) is 38.0 Å². The van der Waals surface area contributed by atoms with Gasteiger partial charge in [-0.15, -0.1) is 0 Å². The highest BCUT2D eigenvalue weighted by Crippen LogP contribution is 2.25. The minimum Gasteiger partial charge on any atom is -0.494 e. The fraction of sp³-hybridized carbons (Fsp3) is 0.647. The first-order valence-electron chi connectivity index (χ1n) is 7.99. The largest absolute Gasteiger partial charge is 0.494 e. The average Bonchev–Trinajstić information content (AvgIpc) is 2.49. The van der Waals surface area contributed by atoms with Crippen molar-refractivity contribution in [3.63, 3.8) is 0 Å². The Labute approximate surface area is 128 Å². The molecule has 1 aliphatic rings. The molecule has 1 aromatic carbocycles. The van der Waals surface area contributed by atoms with Gasteiger partial charge >= 0.3 is 0 Å². The summed E-state index contributed by atoms with van der Waals surface area (Å²) in [6.07, 6.45) is 1.42. The van der Waals surface area contributed by atoms with Crippen LogP contribution in [0.25, 0.3) is 0 Å². The number of nitrogens with zero attached hydrogens (tertiary/aromatic N) is 1. The Hall–Kier alpha value is -1.10. The molecule has 4 nitrogen and oxygen atoms in total. The van der Waals surface area contributed by atoms with Crippen molar-refractivity contribution >= 4 is 0 Å². The van der Waals surface area contributed by atoms with Gasteiger partial charge in [0.15, 0.2) is 0 Å². The van der Waals surface area contributed by atoms with Crippen molar-refractivity contribution in [1.29, 1.82) is 0 Å². The van der Waals surface area contributed by atoms with Crippen molar-refractivity contribution in [3.8, 4) is 5.75 Å². The van der Waals surface area contributed by atoms with Gasteiger partial charge in [0.25, 0.3) is 0 Å². The molecule has 1 fully saturated rings. The van der Waals surface area contributed by atoms with Crippen molar-refractivity contribution < 1.29 is 9.47 Å². The molecule has 0 saturated carbocycles. The van der Waals surface area contributed by atoms with Gasteiger partial charge < -0.3 is 15.2 Å². The SMILES string of the molecule is CCOc1ccc(C(C)N)cc1CN1CCOC(CC)C1. The Balaban J connectivity index is 2.14. The standard InChI is InChI=1S/C17H28N2O2/c1-4-16-12-19(8-9-21-16)11-15-10-14(13(3)18)6-7-17(15)20-5-2/h6-7,10,13,16H,4-5,8-9,11-12,18H2,1-3H3. The monoisotopic (exact) mass is 292 g/mol. The van der Waals surface area contributed by atoms with Crippen molar-refractivity contribution in [2.24, 2.45) is 5.73 Å². The quantitative estimate of drug-likeness (QED) is 0.876. The molecule has 0 spiro atoms. The molecular weight excluding hydrogens is 264 g/mol. The summed E-state index contributed by atoms with van der Waals surface area (Å²) in [5.41, 5.74) is 8.40. The van der Waals surface area contributed by atoms with Crippen molar-refractivity contribution in [1.82, 2.24) is 4.90 Å². The topological polar surface area (TPSA) is 47.7 Å². The summed E-state index contributed by atoms with van der Waals surface area (Å²) in [5.74, 6) is 0.974. The Morgan fingerprint density at radius 1 is 1.43 bits per heavy atom. The molecule has 2 atom stereocenters. The minimum absolute atomic E-state index is 0.0486. The number of benzene rings is 1. The summed E-state index contributed by atoms with van der Waals surface area (Å²) in [6.45, 7) is 10.6. The predicted molar refractivity (Wildman–Crippen MR) is 85.5 cm³/mol. The Bertz CT molecular complexity index is 448. The molecule has 0 bridgehead atoms. The van der Waals surface area contributed by atoms with Crippen molar-refractivity contribution in [2.45, 2.75) is 45.9 Å². The van der Waals surface area contributed by atoms with Crippen LogP contribution >= 0.6 is 0 Å². The van der Waals surface area contributed by atoms with Crippen LogP contribution in [0.4, 0.5) is 0 Å². The summed E-state index contributed by atoms with van der Waals surface area (Å²) in [6, 6.07) is 6.35. The number of hydrogen-bond donors (Lipinski definition) is 1. The normalized spacial score (nSPS) is 21.2. The van der Waals surface area contributed by atoms with E-state index in [1.807, 2.05) is 13.8 Å². The highest BCUT2D eigenvalue weighted by molar-refractivity contribution is 5.38. The predicted octanol–water partition coefficient (Wildman–Crippen LogP) is 2.72. The van der Waals surface area contributed by atoms with Gasteiger partial charge in [-0.3, -0.25) is 4.90 Å². The molecule has 0 aromatic heterocycles. The second-order valence-corrected chi connectivity index (χ2v) is 5.73. The summed E-state index contributed by atoms with van der Waals surface area (Å²) < 4.78 is 11.5. The molecule has 0 radical (unpaired) electrons. The zero-order valence-electron chi connectivity index (χ0n) is 13.5. The summed E-state index contributed by atoms with van der Waals surface area (Å²) in [5, 5.41) is 0. The van der Waals surface area contributed by atoms with Gasteiger partial charge in [0.05, 0.1) is 19.3 Å².